The Morgan fingerprint density at radius 3 is 2.19 bits per heavy atom. The number of carbonyl (C=O) groups is 3. The minimum absolute atomic E-state index is 0.0194. The number of likely N-dealkylation sites (tertiary alicyclic amines) is 1. The SMILES string of the molecule is Cc1ncsc1-c1ccc(CNC(=O)[C@@H]2C[C@@H](O)CN2C(=O)C(NC(=O)COCCOCCOCCOCCOc2cc(N3C4CCC3CN(c3cc(-c5ccccc5O)nnc3N)C4)ccn2)C(C)(C)C)cc1. The van der Waals surface area contributed by atoms with Crippen LogP contribution >= 0.6 is 11.3 Å². The molecule has 20 nitrogen and oxygen atoms in total. The minimum atomic E-state index is -0.969. The number of fused-ring (bicyclic) bond motifs is 2. The fraction of sp³-hybridized carbons (Fsp3) is 0.491. The Morgan fingerprint density at radius 2 is 1.53 bits per heavy atom. The maximum absolute atomic E-state index is 14.0. The van der Waals surface area contributed by atoms with Crippen LogP contribution in [0.5, 0.6) is 11.6 Å². The smallest absolute Gasteiger partial charge is 0.246 e. The molecule has 3 aliphatic heterocycles. The second-order valence-electron chi connectivity index (χ2n) is 19.7. The van der Waals surface area contributed by atoms with E-state index in [-0.39, 0.29) is 63.1 Å². The third-order valence-corrected chi connectivity index (χ3v) is 14.3. The van der Waals surface area contributed by atoms with Crippen LogP contribution in [0.1, 0.15) is 51.3 Å². The first kappa shape index (κ1) is 53.8. The number of nitrogens with one attached hydrogen (secondary N) is 2. The van der Waals surface area contributed by atoms with E-state index in [1.54, 1.807) is 29.7 Å². The van der Waals surface area contributed by atoms with Crippen LogP contribution in [0.2, 0.25) is 0 Å². The summed E-state index contributed by atoms with van der Waals surface area (Å²) in [5.41, 5.74) is 13.4. The van der Waals surface area contributed by atoms with E-state index in [2.05, 4.69) is 40.6 Å². The molecule has 21 heteroatoms. The molecule has 2 aromatic carbocycles. The molecule has 2 bridgehead atoms. The number of benzene rings is 2. The van der Waals surface area contributed by atoms with Gasteiger partial charge in [0.25, 0.3) is 0 Å². The number of aromatic hydroxyl groups is 1. The number of nitrogens with two attached hydrogens (primary N) is 1. The number of phenolic OH excluding ortho intramolecular Hbond substituents is 1. The summed E-state index contributed by atoms with van der Waals surface area (Å²) < 4.78 is 28.4. The number of aryl methyl sites for hydroxylation is 1. The van der Waals surface area contributed by atoms with Crippen LogP contribution in [0.15, 0.2) is 78.4 Å². The summed E-state index contributed by atoms with van der Waals surface area (Å²) in [4.78, 5) is 56.3. The number of pyridine rings is 1. The van der Waals surface area contributed by atoms with E-state index in [0.717, 1.165) is 59.0 Å². The van der Waals surface area contributed by atoms with Gasteiger partial charge in [0, 0.05) is 68.2 Å². The standard InChI is InChI=1S/C53H68N10O10S/c1-34-48(74-33-57-34)36-11-9-35(10-12-36)28-56-51(67)44-26-40(64)31-62(44)52(68)49(53(2,3)4)58-46(66)32-72-22-21-70-18-17-69-19-20-71-23-24-73-47-25-37(15-16-55-47)63-38-13-14-39(63)30-61(29-38)43-27-42(59-60-50(43)54)41-7-5-6-8-45(41)65/h5-12,15-16,25,27,33,38-40,44,49,64-65H,13-14,17-24,26,28-32H2,1-4H3,(H2,54,60)(H,56,67)(H,58,66)/t38?,39?,40-,44+,49?/m1/s1. The lowest BCUT2D eigenvalue weighted by Gasteiger charge is -2.43. The Morgan fingerprint density at radius 1 is 0.851 bits per heavy atom. The van der Waals surface area contributed by atoms with E-state index in [1.807, 2.05) is 87.8 Å². The number of aliphatic hydroxyl groups excluding tert-OH is 1. The molecule has 8 rings (SSSR count). The van der Waals surface area contributed by atoms with Crippen LogP contribution in [0.3, 0.4) is 0 Å². The molecular weight excluding hydrogens is 969 g/mol. The Labute approximate surface area is 435 Å². The average molecular weight is 1040 g/mol. The van der Waals surface area contributed by atoms with Crippen LogP contribution in [0, 0.1) is 12.3 Å². The van der Waals surface area contributed by atoms with Gasteiger partial charge in [0.15, 0.2) is 5.82 Å². The molecule has 6 heterocycles. The van der Waals surface area contributed by atoms with Crippen molar-refractivity contribution in [3.8, 4) is 33.3 Å². The van der Waals surface area contributed by atoms with Gasteiger partial charge in [0.2, 0.25) is 23.6 Å². The second-order valence-corrected chi connectivity index (χ2v) is 20.6. The van der Waals surface area contributed by atoms with Gasteiger partial charge in [0.05, 0.1) is 79.8 Å². The number of hydrogen-bond donors (Lipinski definition) is 5. The fourth-order valence-electron chi connectivity index (χ4n) is 9.64. The molecule has 3 aliphatic rings. The summed E-state index contributed by atoms with van der Waals surface area (Å²) in [5, 5.41) is 35.2. The average Bonchev–Trinajstić information content (AvgIpc) is 4.08. The normalized spacial score (nSPS) is 18.9. The predicted octanol–water partition coefficient (Wildman–Crippen LogP) is 4.37. The first-order valence-electron chi connectivity index (χ1n) is 25.1. The number of carbonyl (C=O) groups excluding carboxylic acids is 3. The number of nitrogens with zero attached hydrogens (tertiary/aromatic N) is 7. The molecule has 6 N–H and O–H groups in total. The van der Waals surface area contributed by atoms with Gasteiger partial charge in [-0.2, -0.15) is 0 Å². The van der Waals surface area contributed by atoms with E-state index in [9.17, 15) is 24.6 Å². The highest BCUT2D eigenvalue weighted by atomic mass is 32.1. The number of anilines is 3. The zero-order valence-electron chi connectivity index (χ0n) is 42.5. The maximum Gasteiger partial charge on any atom is 0.246 e. The number of amides is 3. The van der Waals surface area contributed by atoms with E-state index in [4.69, 9.17) is 29.4 Å². The summed E-state index contributed by atoms with van der Waals surface area (Å²) in [6.45, 7) is 11.4. The van der Waals surface area contributed by atoms with E-state index < -0.39 is 35.4 Å². The first-order valence-corrected chi connectivity index (χ1v) is 26.0. The molecule has 3 fully saturated rings. The Hall–Kier alpha value is -6.49. The van der Waals surface area contributed by atoms with Crippen molar-refractivity contribution in [3.05, 3.63) is 89.7 Å². The monoisotopic (exact) mass is 1040 g/mol. The van der Waals surface area contributed by atoms with E-state index in [0.29, 0.717) is 62.6 Å². The van der Waals surface area contributed by atoms with Crippen LogP contribution in [-0.2, 0) is 39.9 Å². The molecule has 0 aliphatic carbocycles. The lowest BCUT2D eigenvalue weighted by molar-refractivity contribution is -0.144. The number of aromatic nitrogens is 4. The molecule has 74 heavy (non-hydrogen) atoms. The zero-order valence-corrected chi connectivity index (χ0v) is 43.3. The zero-order chi connectivity index (χ0) is 52.2. The Bertz CT molecular complexity index is 2660. The minimum Gasteiger partial charge on any atom is -0.507 e. The Balaban J connectivity index is 0.667. The van der Waals surface area contributed by atoms with Crippen molar-refractivity contribution in [2.75, 3.05) is 94.6 Å². The predicted molar refractivity (Wildman–Crippen MR) is 280 cm³/mol. The largest absolute Gasteiger partial charge is 0.507 e. The molecule has 3 aromatic heterocycles. The van der Waals surface area contributed by atoms with Crippen LogP contribution in [-0.4, -0.2) is 162 Å². The molecule has 3 amide bonds. The summed E-state index contributed by atoms with van der Waals surface area (Å²) in [6.07, 6.45) is 3.07. The van der Waals surface area contributed by atoms with Gasteiger partial charge >= 0.3 is 0 Å². The van der Waals surface area contributed by atoms with Crippen molar-refractivity contribution in [2.45, 2.75) is 83.8 Å². The summed E-state index contributed by atoms with van der Waals surface area (Å²) in [7, 11) is 0. The van der Waals surface area contributed by atoms with Crippen molar-refractivity contribution >= 4 is 46.3 Å². The van der Waals surface area contributed by atoms with Gasteiger partial charge in [-0.1, -0.05) is 57.2 Å². The number of rotatable bonds is 24. The lowest BCUT2D eigenvalue weighted by Crippen LogP contribution is -2.58. The van der Waals surface area contributed by atoms with Crippen LogP contribution in [0.25, 0.3) is 21.7 Å². The van der Waals surface area contributed by atoms with Gasteiger partial charge in [-0.05, 0) is 60.6 Å². The van der Waals surface area contributed by atoms with Crippen molar-refractivity contribution in [3.63, 3.8) is 0 Å². The lowest BCUT2D eigenvalue weighted by atomic mass is 9.85. The number of phenols is 1. The summed E-state index contributed by atoms with van der Waals surface area (Å²) in [5.74, 6) is -0.276. The fourth-order valence-corrected chi connectivity index (χ4v) is 10.5. The van der Waals surface area contributed by atoms with Gasteiger partial charge in [-0.25, -0.2) is 9.97 Å². The Kier molecular flexibility index (Phi) is 18.3. The number of aliphatic hydroxyl groups is 1. The van der Waals surface area contributed by atoms with Gasteiger partial charge < -0.3 is 65.0 Å². The quantitative estimate of drug-likeness (QED) is 0.0539. The van der Waals surface area contributed by atoms with Crippen molar-refractivity contribution < 1.29 is 48.3 Å². The van der Waals surface area contributed by atoms with E-state index in [1.165, 1.54) is 4.90 Å². The molecule has 5 atom stereocenters. The van der Waals surface area contributed by atoms with E-state index >= 15 is 0 Å². The molecule has 3 unspecified atom stereocenters. The van der Waals surface area contributed by atoms with Crippen molar-refractivity contribution in [2.24, 2.45) is 5.41 Å². The number of para-hydroxylation sites is 1. The number of piperazine rings is 1. The summed E-state index contributed by atoms with van der Waals surface area (Å²) in [6, 6.07) is 19.5. The number of hydrogen-bond acceptors (Lipinski definition) is 18. The van der Waals surface area contributed by atoms with Gasteiger partial charge in [-0.15, -0.1) is 21.5 Å². The summed E-state index contributed by atoms with van der Waals surface area (Å²) >= 11 is 1.57. The third-order valence-electron chi connectivity index (χ3n) is 13.4. The molecule has 5 aromatic rings. The number of thiazole rings is 1. The van der Waals surface area contributed by atoms with Crippen LogP contribution < -0.4 is 30.9 Å². The number of β-amino-alcohol motifs (C(OH)–C–C–N with tert-alkyl or cyclic N) is 1. The topological polar surface area (TPSA) is 249 Å². The molecule has 0 spiro atoms. The van der Waals surface area contributed by atoms with Gasteiger partial charge in [0.1, 0.15) is 31.0 Å². The number of nitrogen functional groups attached to an aromatic ring is 1. The maximum atomic E-state index is 14.0. The molecular formula is C53H68N10O10S. The highest BCUT2D eigenvalue weighted by Gasteiger charge is 2.45. The molecule has 0 radical (unpaired) electrons. The highest BCUT2D eigenvalue weighted by Crippen LogP contribution is 2.39. The second kappa shape index (κ2) is 25.2. The van der Waals surface area contributed by atoms with Crippen molar-refractivity contribution in [1.29, 1.82) is 0 Å². The van der Waals surface area contributed by atoms with Crippen LogP contribution in [0.4, 0.5) is 17.2 Å². The van der Waals surface area contributed by atoms with Gasteiger partial charge in [-0.3, -0.25) is 14.4 Å². The molecule has 0 saturated carbocycles. The molecule has 3 saturated heterocycles. The third kappa shape index (κ3) is 13.8. The molecule has 396 valence electrons. The number of ether oxygens (including phenoxy) is 5. The highest BCUT2D eigenvalue weighted by molar-refractivity contribution is 7.13. The van der Waals surface area contributed by atoms with Crippen molar-refractivity contribution in [1.82, 2.24) is 35.7 Å². The first-order chi connectivity index (χ1) is 35.7.